The van der Waals surface area contributed by atoms with Gasteiger partial charge in [0.15, 0.2) is 17.4 Å². The van der Waals surface area contributed by atoms with Gasteiger partial charge in [0.05, 0.1) is 0 Å². The second-order valence-corrected chi connectivity index (χ2v) is 4.14. The third-order valence-electron chi connectivity index (χ3n) is 2.82. The Hall–Kier alpha value is -3.14. The molecule has 0 radical (unpaired) electrons. The quantitative estimate of drug-likeness (QED) is 0.738. The molecule has 0 spiro atoms. The number of aromatic amines is 1. The first-order valence-electron chi connectivity index (χ1n) is 5.93. The molecule has 0 atom stereocenters. The van der Waals surface area contributed by atoms with Crippen LogP contribution in [0.3, 0.4) is 0 Å². The SMILES string of the molecule is N#Cn1cnc2c(=O)[nH]c(NCc3ccccc3)nc21. The standard InChI is InChI=1S/C13H10N6O/c14-7-19-8-16-10-11(19)17-13(18-12(10)20)15-6-9-4-2-1-3-5-9/h1-5,8H,6H2,(H2,15,17,18,20). The van der Waals surface area contributed by atoms with Crippen molar-refractivity contribution < 1.29 is 0 Å². The van der Waals surface area contributed by atoms with Crippen molar-refractivity contribution in [2.75, 3.05) is 5.32 Å². The number of hydrogen-bond acceptors (Lipinski definition) is 5. The smallest absolute Gasteiger partial charge is 0.280 e. The molecule has 20 heavy (non-hydrogen) atoms. The zero-order chi connectivity index (χ0) is 13.9. The van der Waals surface area contributed by atoms with Crippen LogP contribution in [0.2, 0.25) is 0 Å². The van der Waals surface area contributed by atoms with Gasteiger partial charge in [0.1, 0.15) is 6.33 Å². The summed E-state index contributed by atoms with van der Waals surface area (Å²) < 4.78 is 1.15. The molecular formula is C13H10N6O. The fourth-order valence-corrected chi connectivity index (χ4v) is 1.85. The summed E-state index contributed by atoms with van der Waals surface area (Å²) in [5.41, 5.74) is 1.08. The van der Waals surface area contributed by atoms with Crippen LogP contribution in [-0.4, -0.2) is 19.5 Å². The van der Waals surface area contributed by atoms with Gasteiger partial charge in [0.25, 0.3) is 5.56 Å². The Kier molecular flexibility index (Phi) is 2.89. The molecule has 0 aliphatic rings. The van der Waals surface area contributed by atoms with Crippen LogP contribution in [0.4, 0.5) is 5.95 Å². The van der Waals surface area contributed by atoms with Gasteiger partial charge in [-0.1, -0.05) is 30.3 Å². The molecule has 7 nitrogen and oxygen atoms in total. The van der Waals surface area contributed by atoms with Crippen molar-refractivity contribution >= 4 is 17.1 Å². The van der Waals surface area contributed by atoms with Crippen LogP contribution < -0.4 is 10.9 Å². The van der Waals surface area contributed by atoms with Crippen molar-refractivity contribution in [3.05, 3.63) is 52.6 Å². The van der Waals surface area contributed by atoms with Crippen LogP contribution in [0.1, 0.15) is 5.56 Å². The lowest BCUT2D eigenvalue weighted by molar-refractivity contribution is 1.03. The van der Waals surface area contributed by atoms with Crippen LogP contribution in [0.15, 0.2) is 41.5 Å². The van der Waals surface area contributed by atoms with Crippen LogP contribution >= 0.6 is 0 Å². The van der Waals surface area contributed by atoms with Crippen LogP contribution in [0.5, 0.6) is 0 Å². The molecule has 1 aromatic carbocycles. The van der Waals surface area contributed by atoms with E-state index in [1.165, 1.54) is 6.33 Å². The molecule has 0 unspecified atom stereocenters. The molecule has 0 aliphatic heterocycles. The normalized spacial score (nSPS) is 10.3. The molecule has 0 saturated carbocycles. The fraction of sp³-hybridized carbons (Fsp3) is 0.0769. The number of nitrogens with one attached hydrogen (secondary N) is 2. The summed E-state index contributed by atoms with van der Waals surface area (Å²) in [5.74, 6) is 0.309. The molecule has 0 fully saturated rings. The Morgan fingerprint density at radius 2 is 2.15 bits per heavy atom. The predicted molar refractivity (Wildman–Crippen MR) is 72.9 cm³/mol. The number of benzene rings is 1. The highest BCUT2D eigenvalue weighted by molar-refractivity contribution is 5.71. The molecule has 3 rings (SSSR count). The van der Waals surface area contributed by atoms with Gasteiger partial charge in [-0.2, -0.15) is 10.2 Å². The minimum Gasteiger partial charge on any atom is -0.352 e. The van der Waals surface area contributed by atoms with Gasteiger partial charge in [-0.3, -0.25) is 9.78 Å². The van der Waals surface area contributed by atoms with E-state index in [9.17, 15) is 4.79 Å². The molecule has 3 aromatic rings. The largest absolute Gasteiger partial charge is 0.352 e. The lowest BCUT2D eigenvalue weighted by Gasteiger charge is -2.05. The topological polar surface area (TPSA) is 99.4 Å². The lowest BCUT2D eigenvalue weighted by atomic mass is 10.2. The van der Waals surface area contributed by atoms with E-state index in [1.54, 1.807) is 0 Å². The summed E-state index contributed by atoms with van der Waals surface area (Å²) in [4.78, 5) is 22.5. The number of aromatic nitrogens is 4. The van der Waals surface area contributed by atoms with Gasteiger partial charge in [-0.25, -0.2) is 9.55 Å². The van der Waals surface area contributed by atoms with E-state index in [2.05, 4.69) is 20.3 Å². The number of rotatable bonds is 3. The fourth-order valence-electron chi connectivity index (χ4n) is 1.85. The van der Waals surface area contributed by atoms with Crippen molar-refractivity contribution in [2.24, 2.45) is 0 Å². The molecule has 0 saturated heterocycles. The number of nitrogens with zero attached hydrogens (tertiary/aromatic N) is 4. The third-order valence-corrected chi connectivity index (χ3v) is 2.82. The van der Waals surface area contributed by atoms with Crippen molar-refractivity contribution in [3.8, 4) is 6.19 Å². The molecule has 0 bridgehead atoms. The number of imidazole rings is 1. The first kappa shape index (κ1) is 11.9. The highest BCUT2D eigenvalue weighted by atomic mass is 16.1. The van der Waals surface area contributed by atoms with Crippen LogP contribution in [0.25, 0.3) is 11.2 Å². The minimum atomic E-state index is -0.375. The first-order valence-corrected chi connectivity index (χ1v) is 5.93. The summed E-state index contributed by atoms with van der Waals surface area (Å²) in [6.07, 6.45) is 3.16. The Bertz CT molecular complexity index is 843. The number of nitriles is 1. The molecule has 7 heteroatoms. The van der Waals surface area contributed by atoms with Crippen molar-refractivity contribution in [1.82, 2.24) is 19.5 Å². The maximum Gasteiger partial charge on any atom is 0.280 e. The Morgan fingerprint density at radius 3 is 2.90 bits per heavy atom. The maximum atomic E-state index is 11.8. The summed E-state index contributed by atoms with van der Waals surface area (Å²) in [7, 11) is 0. The lowest BCUT2D eigenvalue weighted by Crippen LogP contribution is -2.13. The van der Waals surface area contributed by atoms with Gasteiger partial charge in [-0.15, -0.1) is 0 Å². The zero-order valence-electron chi connectivity index (χ0n) is 10.4. The molecule has 0 amide bonds. The summed E-state index contributed by atoms with van der Waals surface area (Å²) in [6, 6.07) is 9.72. The van der Waals surface area contributed by atoms with E-state index in [0.29, 0.717) is 12.5 Å². The van der Waals surface area contributed by atoms with Crippen molar-refractivity contribution in [2.45, 2.75) is 6.54 Å². The Labute approximate surface area is 113 Å². The van der Waals surface area contributed by atoms with E-state index >= 15 is 0 Å². The monoisotopic (exact) mass is 266 g/mol. The summed E-state index contributed by atoms with van der Waals surface area (Å²) in [5, 5.41) is 11.9. The highest BCUT2D eigenvalue weighted by Crippen LogP contribution is 2.08. The average molecular weight is 266 g/mol. The van der Waals surface area contributed by atoms with E-state index in [1.807, 2.05) is 36.5 Å². The highest BCUT2D eigenvalue weighted by Gasteiger charge is 2.09. The number of H-pyrrole nitrogens is 1. The number of anilines is 1. The maximum absolute atomic E-state index is 11.8. The molecule has 2 heterocycles. The van der Waals surface area contributed by atoms with Crippen molar-refractivity contribution in [1.29, 1.82) is 5.26 Å². The number of hydrogen-bond donors (Lipinski definition) is 2. The van der Waals surface area contributed by atoms with Gasteiger partial charge in [0, 0.05) is 6.54 Å². The van der Waals surface area contributed by atoms with Crippen LogP contribution in [-0.2, 0) is 6.54 Å². The van der Waals surface area contributed by atoms with Crippen molar-refractivity contribution in [3.63, 3.8) is 0 Å². The van der Waals surface area contributed by atoms with Gasteiger partial charge >= 0.3 is 0 Å². The van der Waals surface area contributed by atoms with E-state index in [-0.39, 0.29) is 16.7 Å². The predicted octanol–water partition coefficient (Wildman–Crippen LogP) is 1.06. The number of fused-ring (bicyclic) bond motifs is 1. The molecule has 0 aliphatic carbocycles. The van der Waals surface area contributed by atoms with E-state index < -0.39 is 0 Å². The third kappa shape index (κ3) is 2.10. The summed E-state index contributed by atoms with van der Waals surface area (Å²) >= 11 is 0. The van der Waals surface area contributed by atoms with Crippen LogP contribution in [0, 0.1) is 11.5 Å². The summed E-state index contributed by atoms with van der Waals surface area (Å²) in [6.45, 7) is 0.524. The Balaban J connectivity index is 1.93. The second-order valence-electron chi connectivity index (χ2n) is 4.14. The molecule has 2 aromatic heterocycles. The molecule has 2 N–H and O–H groups in total. The van der Waals surface area contributed by atoms with E-state index in [4.69, 9.17) is 5.26 Å². The minimum absolute atomic E-state index is 0.150. The van der Waals surface area contributed by atoms with E-state index in [0.717, 1.165) is 10.1 Å². The Morgan fingerprint density at radius 1 is 1.35 bits per heavy atom. The van der Waals surface area contributed by atoms with Gasteiger partial charge in [-0.05, 0) is 5.56 Å². The average Bonchev–Trinajstić information content (AvgIpc) is 2.90. The molecule has 98 valence electrons. The second kappa shape index (κ2) is 4.85. The van der Waals surface area contributed by atoms with Gasteiger partial charge in [0.2, 0.25) is 5.95 Å². The van der Waals surface area contributed by atoms with Gasteiger partial charge < -0.3 is 5.32 Å². The first-order chi connectivity index (χ1) is 9.78. The molecular weight excluding hydrogens is 256 g/mol. The zero-order valence-corrected chi connectivity index (χ0v) is 10.4.